The van der Waals surface area contributed by atoms with Crippen molar-refractivity contribution in [1.82, 2.24) is 4.57 Å². The number of ether oxygens (including phenoxy) is 1. The molecule has 0 saturated heterocycles. The monoisotopic (exact) mass is 483 g/mol. The molecule has 0 fully saturated rings. The Morgan fingerprint density at radius 2 is 1.74 bits per heavy atom. The van der Waals surface area contributed by atoms with Gasteiger partial charge in [-0.05, 0) is 64.0 Å². The summed E-state index contributed by atoms with van der Waals surface area (Å²) in [5.74, 6) is -0.0933. The number of aromatic nitrogens is 1. The molecule has 1 N–H and O–H groups in total. The molecule has 0 amide bonds. The van der Waals surface area contributed by atoms with Crippen molar-refractivity contribution in [3.05, 3.63) is 108 Å². The maximum absolute atomic E-state index is 14.4. The number of alkyl halides is 3. The third-order valence-corrected chi connectivity index (χ3v) is 6.47. The number of nitrogens with zero attached hydrogens (tertiary/aromatic N) is 1. The molecule has 0 saturated carbocycles. The van der Waals surface area contributed by atoms with E-state index in [9.17, 15) is 22.7 Å². The van der Waals surface area contributed by atoms with Crippen LogP contribution in [0.15, 0.2) is 79.5 Å². The smallest absolute Gasteiger partial charge is 0.423 e. The Hall–Kier alpha value is -3.58. The lowest BCUT2D eigenvalue weighted by molar-refractivity contribution is -0.271. The minimum atomic E-state index is -4.95. The standard InChI is InChI=1S/C28H25F4NO2/c1-4-19-15-22(8-12-25(19)18(2)20-5-9-23(29)10-6-20)27(34,28(30,31)32)17-33-14-13-21-7-11-24(35-3)16-26(21)33/h4-16,18,34H,1,17H2,2-3H3. The first-order chi connectivity index (χ1) is 16.6. The Bertz CT molecular complexity index is 1360. The highest BCUT2D eigenvalue weighted by Gasteiger charge is 2.55. The third kappa shape index (κ3) is 4.56. The Morgan fingerprint density at radius 1 is 1.03 bits per heavy atom. The summed E-state index contributed by atoms with van der Waals surface area (Å²) in [6, 6.07) is 16.9. The molecule has 182 valence electrons. The van der Waals surface area contributed by atoms with Crippen molar-refractivity contribution in [2.24, 2.45) is 0 Å². The van der Waals surface area contributed by atoms with Crippen molar-refractivity contribution < 1.29 is 27.4 Å². The summed E-state index contributed by atoms with van der Waals surface area (Å²) in [5.41, 5.74) is -0.951. The molecular weight excluding hydrogens is 458 g/mol. The van der Waals surface area contributed by atoms with Crippen LogP contribution in [-0.4, -0.2) is 23.0 Å². The van der Waals surface area contributed by atoms with Crippen LogP contribution in [0, 0.1) is 5.82 Å². The number of aliphatic hydroxyl groups is 1. The molecule has 4 rings (SSSR count). The van der Waals surface area contributed by atoms with E-state index < -0.39 is 18.3 Å². The van der Waals surface area contributed by atoms with Crippen LogP contribution in [0.2, 0.25) is 0 Å². The van der Waals surface area contributed by atoms with Gasteiger partial charge in [0, 0.05) is 18.2 Å². The van der Waals surface area contributed by atoms with Gasteiger partial charge in [-0.25, -0.2) is 4.39 Å². The molecule has 0 radical (unpaired) electrons. The fourth-order valence-corrected chi connectivity index (χ4v) is 4.35. The average Bonchev–Trinajstić information content (AvgIpc) is 3.24. The summed E-state index contributed by atoms with van der Waals surface area (Å²) < 4.78 is 63.0. The predicted octanol–water partition coefficient (Wildman–Crippen LogP) is 7.03. The summed E-state index contributed by atoms with van der Waals surface area (Å²) in [5, 5.41) is 11.8. The molecule has 0 aliphatic carbocycles. The molecule has 0 aliphatic heterocycles. The Balaban J connectivity index is 1.77. The number of benzene rings is 3. The van der Waals surface area contributed by atoms with Crippen LogP contribution < -0.4 is 4.74 Å². The van der Waals surface area contributed by atoms with E-state index in [1.807, 2.05) is 6.92 Å². The fraction of sp³-hybridized carbons (Fsp3) is 0.214. The zero-order valence-corrected chi connectivity index (χ0v) is 19.3. The number of fused-ring (bicyclic) bond motifs is 1. The number of hydrogen-bond donors (Lipinski definition) is 1. The fourth-order valence-electron chi connectivity index (χ4n) is 4.35. The first-order valence-corrected chi connectivity index (χ1v) is 11.0. The highest BCUT2D eigenvalue weighted by Crippen LogP contribution is 2.42. The van der Waals surface area contributed by atoms with Crippen molar-refractivity contribution in [3.63, 3.8) is 0 Å². The molecule has 2 unspecified atom stereocenters. The average molecular weight is 484 g/mol. The molecule has 2 atom stereocenters. The van der Waals surface area contributed by atoms with E-state index >= 15 is 0 Å². The van der Waals surface area contributed by atoms with Gasteiger partial charge < -0.3 is 14.4 Å². The Labute approximate surface area is 200 Å². The molecule has 0 spiro atoms. The van der Waals surface area contributed by atoms with Crippen LogP contribution in [0.3, 0.4) is 0 Å². The summed E-state index contributed by atoms with van der Waals surface area (Å²) in [6.07, 6.45) is -1.98. The molecule has 7 heteroatoms. The maximum atomic E-state index is 14.4. The zero-order chi connectivity index (χ0) is 25.4. The molecule has 4 aromatic rings. The van der Waals surface area contributed by atoms with Gasteiger partial charge in [0.05, 0.1) is 19.2 Å². The second-order valence-electron chi connectivity index (χ2n) is 8.55. The van der Waals surface area contributed by atoms with Gasteiger partial charge in [-0.1, -0.05) is 43.8 Å². The van der Waals surface area contributed by atoms with Crippen molar-refractivity contribution in [3.8, 4) is 5.75 Å². The zero-order valence-electron chi connectivity index (χ0n) is 19.3. The van der Waals surface area contributed by atoms with Gasteiger partial charge in [0.25, 0.3) is 0 Å². The van der Waals surface area contributed by atoms with Gasteiger partial charge in [0.2, 0.25) is 5.60 Å². The van der Waals surface area contributed by atoms with Gasteiger partial charge in [0.1, 0.15) is 11.6 Å². The van der Waals surface area contributed by atoms with E-state index in [2.05, 4.69) is 6.58 Å². The molecule has 0 aliphatic rings. The topological polar surface area (TPSA) is 34.4 Å². The summed E-state index contributed by atoms with van der Waals surface area (Å²) in [4.78, 5) is 0. The third-order valence-electron chi connectivity index (χ3n) is 6.47. The van der Waals surface area contributed by atoms with E-state index in [1.54, 1.807) is 42.5 Å². The van der Waals surface area contributed by atoms with Crippen LogP contribution in [0.5, 0.6) is 5.75 Å². The number of methoxy groups -OCH3 is 1. The SMILES string of the molecule is C=Cc1cc(C(O)(Cn2ccc3ccc(OC)cc32)C(F)(F)F)ccc1C(C)c1ccc(F)cc1. The molecule has 0 bridgehead atoms. The lowest BCUT2D eigenvalue weighted by Gasteiger charge is -2.32. The minimum Gasteiger partial charge on any atom is -0.497 e. The summed E-state index contributed by atoms with van der Waals surface area (Å²) >= 11 is 0. The predicted molar refractivity (Wildman–Crippen MR) is 129 cm³/mol. The number of halogens is 4. The van der Waals surface area contributed by atoms with Gasteiger partial charge in [-0.3, -0.25) is 0 Å². The minimum absolute atomic E-state index is 0.225. The lowest BCUT2D eigenvalue weighted by atomic mass is 9.85. The first-order valence-electron chi connectivity index (χ1n) is 11.0. The van der Waals surface area contributed by atoms with Crippen LogP contribution in [0.4, 0.5) is 17.6 Å². The molecule has 1 heterocycles. The highest BCUT2D eigenvalue weighted by atomic mass is 19.4. The first kappa shape index (κ1) is 24.5. The molecule has 3 nitrogen and oxygen atoms in total. The van der Waals surface area contributed by atoms with E-state index in [0.717, 1.165) is 16.5 Å². The van der Waals surface area contributed by atoms with E-state index in [4.69, 9.17) is 4.74 Å². The Kier molecular flexibility index (Phi) is 6.47. The van der Waals surface area contributed by atoms with Crippen molar-refractivity contribution >= 4 is 17.0 Å². The van der Waals surface area contributed by atoms with Gasteiger partial charge in [-0.2, -0.15) is 13.2 Å². The van der Waals surface area contributed by atoms with Crippen molar-refractivity contribution in [2.45, 2.75) is 31.2 Å². The Morgan fingerprint density at radius 3 is 2.37 bits per heavy atom. The second kappa shape index (κ2) is 9.23. The van der Waals surface area contributed by atoms with Gasteiger partial charge in [0.15, 0.2) is 0 Å². The van der Waals surface area contributed by atoms with E-state index in [1.165, 1.54) is 48.2 Å². The van der Waals surface area contributed by atoms with Gasteiger partial charge >= 0.3 is 6.18 Å². The normalized spacial score (nSPS) is 14.5. The van der Waals surface area contributed by atoms with Crippen LogP contribution in [-0.2, 0) is 12.1 Å². The summed E-state index contributed by atoms with van der Waals surface area (Å²) in [6.45, 7) is 4.90. The van der Waals surface area contributed by atoms with Crippen LogP contribution in [0.1, 0.15) is 35.1 Å². The molecular formula is C28H25F4NO2. The summed E-state index contributed by atoms with van der Waals surface area (Å²) in [7, 11) is 1.48. The second-order valence-corrected chi connectivity index (χ2v) is 8.55. The van der Waals surface area contributed by atoms with Gasteiger partial charge in [-0.15, -0.1) is 0 Å². The maximum Gasteiger partial charge on any atom is 0.423 e. The van der Waals surface area contributed by atoms with Crippen LogP contribution >= 0.6 is 0 Å². The lowest BCUT2D eigenvalue weighted by Crippen LogP contribution is -2.45. The number of hydrogen-bond acceptors (Lipinski definition) is 2. The van der Waals surface area contributed by atoms with E-state index in [-0.39, 0.29) is 17.3 Å². The quantitative estimate of drug-likeness (QED) is 0.286. The molecule has 3 aromatic carbocycles. The van der Waals surface area contributed by atoms with E-state index in [0.29, 0.717) is 16.8 Å². The number of rotatable bonds is 7. The van der Waals surface area contributed by atoms with Crippen LogP contribution in [0.25, 0.3) is 17.0 Å². The highest BCUT2D eigenvalue weighted by molar-refractivity contribution is 5.81. The molecule has 35 heavy (non-hydrogen) atoms. The van der Waals surface area contributed by atoms with Crippen molar-refractivity contribution in [2.75, 3.05) is 7.11 Å². The largest absolute Gasteiger partial charge is 0.497 e. The molecule has 1 aromatic heterocycles. The van der Waals surface area contributed by atoms with Crippen molar-refractivity contribution in [1.29, 1.82) is 0 Å².